The number of carbonyl (C=O) groups excluding carboxylic acids is 3. The number of allylic oxidation sites excluding steroid dienone is 10. The van der Waals surface area contributed by atoms with Crippen molar-refractivity contribution in [3.05, 3.63) is 60.8 Å². The third kappa shape index (κ3) is 52.1. The molecule has 0 bridgehead atoms. The molecule has 0 aromatic rings. The zero-order valence-corrected chi connectivity index (χ0v) is 43.7. The van der Waals surface area contributed by atoms with Gasteiger partial charge in [-0.15, -0.1) is 0 Å². The minimum Gasteiger partial charge on any atom is -0.462 e. The Morgan fingerprint density at radius 1 is 0.318 bits per heavy atom. The molecule has 0 radical (unpaired) electrons. The van der Waals surface area contributed by atoms with E-state index in [0.29, 0.717) is 19.3 Å². The second-order valence-corrected chi connectivity index (χ2v) is 18.9. The van der Waals surface area contributed by atoms with Gasteiger partial charge in [0.1, 0.15) is 13.2 Å². The monoisotopic (exact) mass is 923 g/mol. The van der Waals surface area contributed by atoms with Crippen molar-refractivity contribution in [2.24, 2.45) is 0 Å². The fraction of sp³-hybridized carbons (Fsp3) is 0.783. The molecule has 0 amide bonds. The van der Waals surface area contributed by atoms with Crippen molar-refractivity contribution in [2.75, 3.05) is 13.2 Å². The van der Waals surface area contributed by atoms with Crippen molar-refractivity contribution in [2.45, 2.75) is 290 Å². The van der Waals surface area contributed by atoms with Crippen LogP contribution in [-0.2, 0) is 28.6 Å². The lowest BCUT2D eigenvalue weighted by atomic mass is 10.0. The van der Waals surface area contributed by atoms with Crippen molar-refractivity contribution in [3.63, 3.8) is 0 Å². The van der Waals surface area contributed by atoms with Crippen molar-refractivity contribution in [1.82, 2.24) is 0 Å². The summed E-state index contributed by atoms with van der Waals surface area (Å²) in [5.41, 5.74) is 0. The molecule has 66 heavy (non-hydrogen) atoms. The smallest absolute Gasteiger partial charge is 0.306 e. The molecule has 0 aliphatic heterocycles. The Kier molecular flexibility index (Phi) is 52.3. The van der Waals surface area contributed by atoms with E-state index in [4.69, 9.17) is 14.2 Å². The Balaban J connectivity index is 4.39. The van der Waals surface area contributed by atoms with Crippen LogP contribution in [0.25, 0.3) is 0 Å². The molecule has 1 atom stereocenters. The lowest BCUT2D eigenvalue weighted by Crippen LogP contribution is -2.30. The van der Waals surface area contributed by atoms with Crippen molar-refractivity contribution in [1.29, 1.82) is 0 Å². The lowest BCUT2D eigenvalue weighted by molar-refractivity contribution is -0.167. The van der Waals surface area contributed by atoms with Crippen LogP contribution in [-0.4, -0.2) is 37.2 Å². The van der Waals surface area contributed by atoms with Crippen LogP contribution in [0.2, 0.25) is 0 Å². The number of rotatable bonds is 51. The molecular weight excluding hydrogens is 817 g/mol. The summed E-state index contributed by atoms with van der Waals surface area (Å²) in [5.74, 6) is -0.925. The standard InChI is InChI=1S/C60H106O6/c1-4-7-10-13-16-19-22-25-27-29-31-32-35-38-41-44-47-50-53-59(62)65-56-57(55-64-58(61)52-49-46-43-40-37-34-24-21-18-15-12-9-6-3)66-60(63)54-51-48-45-42-39-36-33-30-28-26-23-20-17-14-11-8-5-2/h9,12,15,18,21,24,31-32,34,37,57H,4-8,10-11,13-14,16-17,19-20,22-23,25-30,33,35-36,38-56H2,1-3H3/b12-9-,18-15-,24-21-,32-31-,37-34-. The predicted molar refractivity (Wildman–Crippen MR) is 284 cm³/mol. The van der Waals surface area contributed by atoms with E-state index in [2.05, 4.69) is 51.2 Å². The van der Waals surface area contributed by atoms with Crippen LogP contribution in [0.15, 0.2) is 60.8 Å². The van der Waals surface area contributed by atoms with Crippen molar-refractivity contribution in [3.8, 4) is 0 Å². The molecule has 0 heterocycles. The molecule has 0 saturated heterocycles. The highest BCUT2D eigenvalue weighted by Gasteiger charge is 2.19. The number of hydrogen-bond donors (Lipinski definition) is 0. The summed E-state index contributed by atoms with van der Waals surface area (Å²) in [5, 5.41) is 0. The third-order valence-electron chi connectivity index (χ3n) is 12.4. The van der Waals surface area contributed by atoms with Crippen LogP contribution in [0.3, 0.4) is 0 Å². The first-order valence-corrected chi connectivity index (χ1v) is 28.3. The third-order valence-corrected chi connectivity index (χ3v) is 12.4. The summed E-state index contributed by atoms with van der Waals surface area (Å²) in [7, 11) is 0. The molecule has 0 aliphatic rings. The number of carbonyl (C=O) groups is 3. The molecule has 0 aromatic heterocycles. The topological polar surface area (TPSA) is 78.9 Å². The van der Waals surface area contributed by atoms with Crippen molar-refractivity contribution < 1.29 is 28.6 Å². The highest BCUT2D eigenvalue weighted by atomic mass is 16.6. The molecule has 0 fully saturated rings. The van der Waals surface area contributed by atoms with E-state index in [-0.39, 0.29) is 31.1 Å². The Hall–Kier alpha value is -2.89. The van der Waals surface area contributed by atoms with Crippen LogP contribution in [0, 0.1) is 0 Å². The minimum atomic E-state index is -0.791. The Morgan fingerprint density at radius 2 is 0.606 bits per heavy atom. The van der Waals surface area contributed by atoms with Gasteiger partial charge in [0.05, 0.1) is 0 Å². The Labute approximate surface area is 409 Å². The first-order chi connectivity index (χ1) is 32.5. The summed E-state index contributed by atoms with van der Waals surface area (Å²) in [6, 6.07) is 0. The van der Waals surface area contributed by atoms with Gasteiger partial charge in [-0.3, -0.25) is 14.4 Å². The average Bonchev–Trinajstić information content (AvgIpc) is 3.31. The second-order valence-electron chi connectivity index (χ2n) is 18.9. The summed E-state index contributed by atoms with van der Waals surface area (Å²) in [6.45, 7) is 6.49. The SMILES string of the molecule is CC\C=C/C=C\C=C/C=C\CCCCCC(=O)OCC(COC(=O)CCCCCCC/C=C\CCCCCCCCCCC)OC(=O)CCCCCCCCCCCCCCCCCCC. The van der Waals surface area contributed by atoms with Gasteiger partial charge in [0.15, 0.2) is 6.10 Å². The molecule has 0 saturated carbocycles. The molecule has 0 aromatic carbocycles. The molecule has 6 nitrogen and oxygen atoms in total. The molecular formula is C60H106O6. The zero-order valence-electron chi connectivity index (χ0n) is 43.7. The van der Waals surface area contributed by atoms with Gasteiger partial charge in [-0.05, 0) is 64.2 Å². The van der Waals surface area contributed by atoms with Crippen molar-refractivity contribution >= 4 is 17.9 Å². The maximum absolute atomic E-state index is 12.8. The second kappa shape index (κ2) is 54.7. The molecule has 0 spiro atoms. The van der Waals surface area contributed by atoms with E-state index in [1.54, 1.807) is 0 Å². The van der Waals surface area contributed by atoms with Crippen LogP contribution in [0.4, 0.5) is 0 Å². The highest BCUT2D eigenvalue weighted by Crippen LogP contribution is 2.16. The van der Waals surface area contributed by atoms with E-state index < -0.39 is 6.10 Å². The molecule has 382 valence electrons. The number of unbranched alkanes of at least 4 members (excludes halogenated alkanes) is 33. The predicted octanol–water partition coefficient (Wildman–Crippen LogP) is 18.8. The largest absolute Gasteiger partial charge is 0.462 e. The number of esters is 3. The number of ether oxygens (including phenoxy) is 3. The van der Waals surface area contributed by atoms with E-state index in [1.807, 2.05) is 30.4 Å². The van der Waals surface area contributed by atoms with Gasteiger partial charge in [0.2, 0.25) is 0 Å². The first-order valence-electron chi connectivity index (χ1n) is 28.3. The van der Waals surface area contributed by atoms with Gasteiger partial charge in [-0.25, -0.2) is 0 Å². The fourth-order valence-corrected chi connectivity index (χ4v) is 8.10. The molecule has 6 heteroatoms. The van der Waals surface area contributed by atoms with Crippen LogP contribution >= 0.6 is 0 Å². The molecule has 0 rings (SSSR count). The fourth-order valence-electron chi connectivity index (χ4n) is 8.10. The maximum atomic E-state index is 12.8. The maximum Gasteiger partial charge on any atom is 0.306 e. The van der Waals surface area contributed by atoms with Crippen LogP contribution in [0.1, 0.15) is 284 Å². The first kappa shape index (κ1) is 63.1. The van der Waals surface area contributed by atoms with E-state index in [9.17, 15) is 14.4 Å². The van der Waals surface area contributed by atoms with E-state index in [1.165, 1.54) is 167 Å². The zero-order chi connectivity index (χ0) is 47.9. The molecule has 1 unspecified atom stereocenters. The summed E-state index contributed by atoms with van der Waals surface area (Å²) >= 11 is 0. The Morgan fingerprint density at radius 3 is 0.985 bits per heavy atom. The van der Waals surface area contributed by atoms with E-state index in [0.717, 1.165) is 77.0 Å². The summed E-state index contributed by atoms with van der Waals surface area (Å²) < 4.78 is 16.8. The lowest BCUT2D eigenvalue weighted by Gasteiger charge is -2.18. The van der Waals surface area contributed by atoms with Crippen LogP contribution < -0.4 is 0 Å². The normalized spacial score (nSPS) is 12.5. The van der Waals surface area contributed by atoms with Gasteiger partial charge < -0.3 is 14.2 Å². The van der Waals surface area contributed by atoms with E-state index >= 15 is 0 Å². The van der Waals surface area contributed by atoms with Gasteiger partial charge in [-0.1, -0.05) is 261 Å². The van der Waals surface area contributed by atoms with Gasteiger partial charge >= 0.3 is 17.9 Å². The quantitative estimate of drug-likeness (QED) is 0.0199. The summed E-state index contributed by atoms with van der Waals surface area (Å²) in [4.78, 5) is 38.1. The van der Waals surface area contributed by atoms with Crippen LogP contribution in [0.5, 0.6) is 0 Å². The average molecular weight is 924 g/mol. The highest BCUT2D eigenvalue weighted by molar-refractivity contribution is 5.71. The number of hydrogen-bond acceptors (Lipinski definition) is 6. The van der Waals surface area contributed by atoms with Gasteiger partial charge in [-0.2, -0.15) is 0 Å². The molecule has 0 N–H and O–H groups in total. The Bertz CT molecular complexity index is 1200. The van der Waals surface area contributed by atoms with Gasteiger partial charge in [0, 0.05) is 19.3 Å². The minimum absolute atomic E-state index is 0.0890. The summed E-state index contributed by atoms with van der Waals surface area (Å²) in [6.07, 6.45) is 67.9. The van der Waals surface area contributed by atoms with Gasteiger partial charge in [0.25, 0.3) is 0 Å². The molecule has 0 aliphatic carbocycles.